The largest absolute Gasteiger partial charge is 0.322 e. The Morgan fingerprint density at radius 3 is 2.03 bits per heavy atom. The summed E-state index contributed by atoms with van der Waals surface area (Å²) in [4.78, 5) is 53.0. The third-order valence-electron chi connectivity index (χ3n) is 6.65. The molecule has 7 heteroatoms. The Morgan fingerprint density at radius 2 is 1.33 bits per heavy atom. The van der Waals surface area contributed by atoms with Crippen LogP contribution >= 0.6 is 0 Å². The van der Waals surface area contributed by atoms with E-state index in [0.29, 0.717) is 35.5 Å². The predicted molar refractivity (Wildman–Crippen MR) is 138 cm³/mol. The highest BCUT2D eigenvalue weighted by molar-refractivity contribution is 6.25. The van der Waals surface area contributed by atoms with E-state index in [1.807, 2.05) is 19.1 Å². The third-order valence-corrected chi connectivity index (χ3v) is 6.65. The van der Waals surface area contributed by atoms with Gasteiger partial charge in [0.2, 0.25) is 11.8 Å². The summed E-state index contributed by atoms with van der Waals surface area (Å²) in [5.74, 6) is -1.93. The van der Waals surface area contributed by atoms with Crippen LogP contribution in [0.4, 0.5) is 17.1 Å². The Morgan fingerprint density at radius 1 is 0.750 bits per heavy atom. The minimum Gasteiger partial charge on any atom is -0.322 e. The van der Waals surface area contributed by atoms with Gasteiger partial charge >= 0.3 is 0 Å². The maximum absolute atomic E-state index is 13.2. The monoisotopic (exact) mass is 479 g/mol. The molecule has 2 N–H and O–H groups in total. The number of rotatable bonds is 5. The highest BCUT2D eigenvalue weighted by Gasteiger charge is 2.49. The van der Waals surface area contributed by atoms with Gasteiger partial charge in [-0.3, -0.25) is 19.2 Å². The number of anilines is 3. The Labute approximate surface area is 208 Å². The van der Waals surface area contributed by atoms with Gasteiger partial charge in [-0.15, -0.1) is 0 Å². The van der Waals surface area contributed by atoms with Crippen LogP contribution in [-0.2, 0) is 9.59 Å². The van der Waals surface area contributed by atoms with Crippen LogP contribution < -0.4 is 15.5 Å². The summed E-state index contributed by atoms with van der Waals surface area (Å²) in [6.45, 7) is 1.97. The summed E-state index contributed by atoms with van der Waals surface area (Å²) in [5.41, 5.74) is 3.28. The fraction of sp³-hybridized carbons (Fsp3) is 0.172. The van der Waals surface area contributed by atoms with Crippen LogP contribution in [0.1, 0.15) is 40.5 Å². The minimum atomic E-state index is -0.434. The summed E-state index contributed by atoms with van der Waals surface area (Å²) in [7, 11) is 0. The van der Waals surface area contributed by atoms with Gasteiger partial charge in [0.15, 0.2) is 0 Å². The number of para-hydroxylation sites is 1. The predicted octanol–water partition coefficient (Wildman–Crippen LogP) is 5.04. The molecule has 36 heavy (non-hydrogen) atoms. The van der Waals surface area contributed by atoms with Crippen molar-refractivity contribution in [2.75, 3.05) is 15.5 Å². The molecule has 0 bridgehead atoms. The molecule has 4 amide bonds. The summed E-state index contributed by atoms with van der Waals surface area (Å²) in [6, 6.07) is 22.3. The van der Waals surface area contributed by atoms with Gasteiger partial charge in [0, 0.05) is 16.9 Å². The van der Waals surface area contributed by atoms with Crippen molar-refractivity contribution in [3.05, 3.63) is 102 Å². The molecule has 0 aromatic heterocycles. The number of nitrogens with one attached hydrogen (secondary N) is 2. The van der Waals surface area contributed by atoms with Gasteiger partial charge in [0.05, 0.1) is 23.1 Å². The molecular formula is C29H25N3O4. The molecule has 2 aliphatic rings. The standard InChI is InChI=1S/C29H25N3O4/c1-18-11-16-22-24(17-18)29(36)32(28(22)35)25-10-6-5-9-23(25)27(34)31-21-14-12-20(13-15-21)30-26(33)19-7-3-2-4-8-19/h2-15,22,24H,16-17H2,1H3,(H,30,33)(H,31,34)/t22-,24+/m0/s1. The van der Waals surface area contributed by atoms with E-state index < -0.39 is 5.91 Å². The first kappa shape index (κ1) is 23.2. The van der Waals surface area contributed by atoms with E-state index >= 15 is 0 Å². The number of carbonyl (C=O) groups is 4. The Kier molecular flexibility index (Phi) is 6.21. The van der Waals surface area contributed by atoms with E-state index in [1.165, 1.54) is 4.90 Å². The second-order valence-electron chi connectivity index (χ2n) is 9.08. The number of carbonyl (C=O) groups excluding carboxylic acids is 4. The van der Waals surface area contributed by atoms with E-state index in [2.05, 4.69) is 10.6 Å². The molecule has 1 saturated heterocycles. The zero-order valence-electron chi connectivity index (χ0n) is 19.7. The number of hydrogen-bond acceptors (Lipinski definition) is 4. The first-order chi connectivity index (χ1) is 17.4. The van der Waals surface area contributed by atoms with Crippen LogP contribution in [0.2, 0.25) is 0 Å². The van der Waals surface area contributed by atoms with Crippen LogP contribution in [0, 0.1) is 11.8 Å². The molecule has 5 rings (SSSR count). The summed E-state index contributed by atoms with van der Waals surface area (Å²) in [6.07, 6.45) is 3.12. The summed E-state index contributed by atoms with van der Waals surface area (Å²) < 4.78 is 0. The topological polar surface area (TPSA) is 95.6 Å². The molecule has 1 aliphatic heterocycles. The van der Waals surface area contributed by atoms with Gasteiger partial charge in [0.1, 0.15) is 0 Å². The molecule has 3 aromatic carbocycles. The van der Waals surface area contributed by atoms with Crippen LogP contribution in [0.5, 0.6) is 0 Å². The summed E-state index contributed by atoms with van der Waals surface area (Å²) in [5, 5.41) is 5.64. The van der Waals surface area contributed by atoms with Crippen molar-refractivity contribution in [1.29, 1.82) is 0 Å². The van der Waals surface area contributed by atoms with Gasteiger partial charge in [0.25, 0.3) is 11.8 Å². The first-order valence-corrected chi connectivity index (χ1v) is 11.8. The number of amides is 4. The van der Waals surface area contributed by atoms with E-state index in [0.717, 1.165) is 5.57 Å². The average molecular weight is 480 g/mol. The second kappa shape index (κ2) is 9.62. The molecule has 1 fully saturated rings. The number of fused-ring (bicyclic) bond motifs is 1. The van der Waals surface area contributed by atoms with Gasteiger partial charge in [-0.1, -0.05) is 42.0 Å². The lowest BCUT2D eigenvalue weighted by atomic mass is 9.82. The maximum Gasteiger partial charge on any atom is 0.257 e. The minimum absolute atomic E-state index is 0.229. The lowest BCUT2D eigenvalue weighted by molar-refractivity contribution is -0.122. The van der Waals surface area contributed by atoms with Gasteiger partial charge in [-0.25, -0.2) is 4.90 Å². The van der Waals surface area contributed by atoms with Gasteiger partial charge in [-0.05, 0) is 68.3 Å². The van der Waals surface area contributed by atoms with Crippen LogP contribution in [0.15, 0.2) is 90.5 Å². The van der Waals surface area contributed by atoms with Gasteiger partial charge < -0.3 is 10.6 Å². The molecule has 7 nitrogen and oxygen atoms in total. The van der Waals surface area contributed by atoms with Crippen molar-refractivity contribution < 1.29 is 19.2 Å². The lowest BCUT2D eigenvalue weighted by Gasteiger charge is -2.19. The Hall–Kier alpha value is -4.52. The van der Waals surface area contributed by atoms with E-state index in [1.54, 1.807) is 72.8 Å². The van der Waals surface area contributed by atoms with Crippen molar-refractivity contribution in [2.45, 2.75) is 19.8 Å². The van der Waals surface area contributed by atoms with Crippen LogP contribution in [0.25, 0.3) is 0 Å². The highest BCUT2D eigenvalue weighted by Crippen LogP contribution is 2.40. The molecule has 0 radical (unpaired) electrons. The molecule has 2 atom stereocenters. The molecule has 3 aromatic rings. The molecule has 1 aliphatic carbocycles. The highest BCUT2D eigenvalue weighted by atomic mass is 16.2. The number of benzene rings is 3. The molecule has 0 unspecified atom stereocenters. The fourth-order valence-corrected chi connectivity index (χ4v) is 4.76. The smallest absolute Gasteiger partial charge is 0.257 e. The second-order valence-corrected chi connectivity index (χ2v) is 9.08. The maximum atomic E-state index is 13.2. The molecule has 0 saturated carbocycles. The van der Waals surface area contributed by atoms with Crippen molar-refractivity contribution in [3.63, 3.8) is 0 Å². The molecule has 180 valence electrons. The van der Waals surface area contributed by atoms with Crippen LogP contribution in [-0.4, -0.2) is 23.6 Å². The Bertz CT molecular complexity index is 1380. The van der Waals surface area contributed by atoms with Crippen molar-refractivity contribution in [2.24, 2.45) is 11.8 Å². The Balaban J connectivity index is 1.31. The van der Waals surface area contributed by atoms with E-state index in [4.69, 9.17) is 0 Å². The number of allylic oxidation sites excluding steroid dienone is 2. The van der Waals surface area contributed by atoms with Crippen molar-refractivity contribution in [1.82, 2.24) is 0 Å². The first-order valence-electron chi connectivity index (χ1n) is 11.8. The van der Waals surface area contributed by atoms with E-state index in [-0.39, 0.29) is 35.1 Å². The number of imide groups is 1. The lowest BCUT2D eigenvalue weighted by Crippen LogP contribution is -2.33. The fourth-order valence-electron chi connectivity index (χ4n) is 4.76. The van der Waals surface area contributed by atoms with Crippen LogP contribution in [0.3, 0.4) is 0 Å². The van der Waals surface area contributed by atoms with Gasteiger partial charge in [-0.2, -0.15) is 0 Å². The third kappa shape index (κ3) is 4.43. The zero-order chi connectivity index (χ0) is 25.2. The summed E-state index contributed by atoms with van der Waals surface area (Å²) >= 11 is 0. The number of hydrogen-bond donors (Lipinski definition) is 2. The molecule has 1 heterocycles. The van der Waals surface area contributed by atoms with E-state index in [9.17, 15) is 19.2 Å². The molecular weight excluding hydrogens is 454 g/mol. The quantitative estimate of drug-likeness (QED) is 0.396. The van der Waals surface area contributed by atoms with Crippen molar-refractivity contribution >= 4 is 40.7 Å². The zero-order valence-corrected chi connectivity index (χ0v) is 19.7. The average Bonchev–Trinajstić information content (AvgIpc) is 3.14. The molecule has 0 spiro atoms. The normalized spacial score (nSPS) is 18.9. The SMILES string of the molecule is CC1=CC[C@@H]2C(=O)N(c3ccccc3C(=O)Nc3ccc(NC(=O)c4ccccc4)cc3)C(=O)[C@@H]2C1. The number of nitrogens with zero attached hydrogens (tertiary/aromatic N) is 1. The van der Waals surface area contributed by atoms with Crippen molar-refractivity contribution in [3.8, 4) is 0 Å².